The van der Waals surface area contributed by atoms with E-state index in [9.17, 15) is 9.90 Å². The van der Waals surface area contributed by atoms with E-state index in [0.717, 1.165) is 22.4 Å². The zero-order valence-electron chi connectivity index (χ0n) is 12.0. The van der Waals surface area contributed by atoms with Crippen LogP contribution in [0.25, 0.3) is 0 Å². The van der Waals surface area contributed by atoms with Gasteiger partial charge in [0.05, 0.1) is 12.2 Å². The van der Waals surface area contributed by atoms with E-state index in [0.29, 0.717) is 12.1 Å². The summed E-state index contributed by atoms with van der Waals surface area (Å²) in [5.74, 6) is -0.266. The molecule has 0 aliphatic heterocycles. The summed E-state index contributed by atoms with van der Waals surface area (Å²) < 4.78 is 0. The van der Waals surface area contributed by atoms with E-state index in [2.05, 4.69) is 10.3 Å². The number of nitrogens with zero attached hydrogens (tertiary/aromatic N) is 1. The molecule has 0 bridgehead atoms. The molecular weight excluding hydrogens is 288 g/mol. The summed E-state index contributed by atoms with van der Waals surface area (Å²) in [5, 5.41) is 12.3. The molecule has 0 aliphatic carbocycles. The maximum Gasteiger partial charge on any atom is 0.254 e. The number of carbonyl (C=O) groups is 1. The van der Waals surface area contributed by atoms with Gasteiger partial charge in [-0.15, -0.1) is 0 Å². The molecule has 0 atom stereocenters. The molecule has 0 fully saturated rings. The largest absolute Gasteiger partial charge is 0.392 e. The molecule has 2 aromatic rings. The highest BCUT2D eigenvalue weighted by atomic mass is 35.5. The number of halogens is 1. The van der Waals surface area contributed by atoms with Gasteiger partial charge in [0.25, 0.3) is 5.91 Å². The Morgan fingerprint density at radius 2 is 1.95 bits per heavy atom. The van der Waals surface area contributed by atoms with Crippen LogP contribution in [0, 0.1) is 13.8 Å². The summed E-state index contributed by atoms with van der Waals surface area (Å²) in [6.07, 6.45) is 0. The van der Waals surface area contributed by atoms with Crippen LogP contribution in [-0.4, -0.2) is 16.0 Å². The van der Waals surface area contributed by atoms with Crippen LogP contribution in [0.1, 0.15) is 32.7 Å². The molecule has 4 nitrogen and oxygen atoms in total. The molecule has 110 valence electrons. The van der Waals surface area contributed by atoms with Crippen molar-refractivity contribution in [3.63, 3.8) is 0 Å². The Hall–Kier alpha value is -1.91. The standard InChI is InChI=1S/C16H17ClN2O2/c1-10-7-11(2)19-15(17)14(10)16(21)18-8-12-5-3-4-6-13(12)9-20/h3-7,20H,8-9H2,1-2H3,(H,18,21). The molecule has 1 heterocycles. The second kappa shape index (κ2) is 6.70. The van der Waals surface area contributed by atoms with Crippen LogP contribution < -0.4 is 5.32 Å². The number of pyridine rings is 1. The van der Waals surface area contributed by atoms with E-state index < -0.39 is 0 Å². The Morgan fingerprint density at radius 3 is 2.57 bits per heavy atom. The molecule has 2 rings (SSSR count). The van der Waals surface area contributed by atoms with Gasteiger partial charge >= 0.3 is 0 Å². The highest BCUT2D eigenvalue weighted by Gasteiger charge is 2.15. The van der Waals surface area contributed by atoms with Crippen LogP contribution in [0.3, 0.4) is 0 Å². The second-order valence-corrected chi connectivity index (χ2v) is 5.21. The molecule has 0 saturated carbocycles. The molecule has 1 aromatic heterocycles. The first-order valence-electron chi connectivity index (χ1n) is 6.62. The number of aromatic nitrogens is 1. The summed E-state index contributed by atoms with van der Waals surface area (Å²) in [4.78, 5) is 16.4. The predicted octanol–water partition coefficient (Wildman–Crippen LogP) is 2.77. The summed E-state index contributed by atoms with van der Waals surface area (Å²) >= 11 is 6.06. The lowest BCUT2D eigenvalue weighted by atomic mass is 10.1. The number of aliphatic hydroxyl groups excluding tert-OH is 1. The normalized spacial score (nSPS) is 10.5. The molecule has 0 unspecified atom stereocenters. The molecule has 21 heavy (non-hydrogen) atoms. The molecule has 0 aliphatic rings. The van der Waals surface area contributed by atoms with Crippen molar-refractivity contribution < 1.29 is 9.90 Å². The Bertz CT molecular complexity index is 648. The number of carbonyl (C=O) groups excluding carboxylic acids is 1. The third-order valence-electron chi connectivity index (χ3n) is 3.26. The van der Waals surface area contributed by atoms with Gasteiger partial charge in [0, 0.05) is 12.2 Å². The predicted molar refractivity (Wildman–Crippen MR) is 82.3 cm³/mol. The number of rotatable bonds is 4. The van der Waals surface area contributed by atoms with Gasteiger partial charge in [-0.2, -0.15) is 0 Å². The van der Waals surface area contributed by atoms with E-state index in [-0.39, 0.29) is 17.7 Å². The van der Waals surface area contributed by atoms with Gasteiger partial charge in [0.1, 0.15) is 5.15 Å². The monoisotopic (exact) mass is 304 g/mol. The minimum Gasteiger partial charge on any atom is -0.392 e. The van der Waals surface area contributed by atoms with Crippen LogP contribution in [0.15, 0.2) is 30.3 Å². The Morgan fingerprint density at radius 1 is 1.29 bits per heavy atom. The fourth-order valence-corrected chi connectivity index (χ4v) is 2.58. The van der Waals surface area contributed by atoms with Crippen LogP contribution >= 0.6 is 11.6 Å². The van der Waals surface area contributed by atoms with Gasteiger partial charge in [-0.25, -0.2) is 4.98 Å². The van der Waals surface area contributed by atoms with Crippen LogP contribution in [0.2, 0.25) is 5.15 Å². The summed E-state index contributed by atoms with van der Waals surface area (Å²) in [7, 11) is 0. The average Bonchev–Trinajstić information content (AvgIpc) is 2.44. The van der Waals surface area contributed by atoms with Crippen molar-refractivity contribution in [3.05, 3.63) is 63.4 Å². The van der Waals surface area contributed by atoms with E-state index >= 15 is 0 Å². The van der Waals surface area contributed by atoms with E-state index in [1.807, 2.05) is 44.2 Å². The van der Waals surface area contributed by atoms with Crippen LogP contribution in [0.5, 0.6) is 0 Å². The minimum absolute atomic E-state index is 0.0576. The fourth-order valence-electron chi connectivity index (χ4n) is 2.21. The molecule has 0 radical (unpaired) electrons. The lowest BCUT2D eigenvalue weighted by Gasteiger charge is -2.11. The van der Waals surface area contributed by atoms with Crippen LogP contribution in [0.4, 0.5) is 0 Å². The molecule has 0 saturated heterocycles. The quantitative estimate of drug-likeness (QED) is 0.854. The molecule has 0 spiro atoms. The van der Waals surface area contributed by atoms with Gasteiger partial charge in [-0.1, -0.05) is 35.9 Å². The zero-order valence-corrected chi connectivity index (χ0v) is 12.7. The van der Waals surface area contributed by atoms with Crippen molar-refractivity contribution >= 4 is 17.5 Å². The topological polar surface area (TPSA) is 62.2 Å². The zero-order chi connectivity index (χ0) is 15.4. The van der Waals surface area contributed by atoms with Crippen molar-refractivity contribution in [3.8, 4) is 0 Å². The SMILES string of the molecule is Cc1cc(C)c(C(=O)NCc2ccccc2CO)c(Cl)n1. The van der Waals surface area contributed by atoms with Gasteiger partial charge in [0.15, 0.2) is 0 Å². The number of aliphatic hydroxyl groups is 1. The molecule has 1 amide bonds. The third-order valence-corrected chi connectivity index (χ3v) is 3.53. The molecule has 1 aromatic carbocycles. The minimum atomic E-state index is -0.266. The molecular formula is C16H17ClN2O2. The number of hydrogen-bond donors (Lipinski definition) is 2. The number of aryl methyl sites for hydroxylation is 2. The Balaban J connectivity index is 2.16. The number of hydrogen-bond acceptors (Lipinski definition) is 3. The van der Waals surface area contributed by atoms with Crippen molar-refractivity contribution in [2.75, 3.05) is 0 Å². The van der Waals surface area contributed by atoms with Crippen LogP contribution in [-0.2, 0) is 13.2 Å². The van der Waals surface area contributed by atoms with E-state index in [4.69, 9.17) is 11.6 Å². The number of amides is 1. The Kier molecular flexibility index (Phi) is 4.94. The van der Waals surface area contributed by atoms with Crippen molar-refractivity contribution in [1.82, 2.24) is 10.3 Å². The van der Waals surface area contributed by atoms with Gasteiger partial charge < -0.3 is 10.4 Å². The summed E-state index contributed by atoms with van der Waals surface area (Å²) in [6, 6.07) is 9.23. The Labute approximate surface area is 128 Å². The first-order valence-corrected chi connectivity index (χ1v) is 7.00. The highest BCUT2D eigenvalue weighted by molar-refractivity contribution is 6.32. The summed E-state index contributed by atoms with van der Waals surface area (Å²) in [5.41, 5.74) is 3.63. The van der Waals surface area contributed by atoms with E-state index in [1.54, 1.807) is 0 Å². The maximum atomic E-state index is 12.3. The van der Waals surface area contributed by atoms with E-state index in [1.165, 1.54) is 0 Å². The second-order valence-electron chi connectivity index (χ2n) is 4.86. The lowest BCUT2D eigenvalue weighted by molar-refractivity contribution is 0.0949. The highest BCUT2D eigenvalue weighted by Crippen LogP contribution is 2.19. The number of benzene rings is 1. The fraction of sp³-hybridized carbons (Fsp3) is 0.250. The van der Waals surface area contributed by atoms with Crippen molar-refractivity contribution in [2.45, 2.75) is 27.0 Å². The lowest BCUT2D eigenvalue weighted by Crippen LogP contribution is -2.25. The van der Waals surface area contributed by atoms with Gasteiger partial charge in [0.2, 0.25) is 0 Å². The smallest absolute Gasteiger partial charge is 0.254 e. The van der Waals surface area contributed by atoms with Gasteiger partial charge in [-0.05, 0) is 36.6 Å². The van der Waals surface area contributed by atoms with Gasteiger partial charge in [-0.3, -0.25) is 4.79 Å². The number of nitrogens with one attached hydrogen (secondary N) is 1. The first-order chi connectivity index (χ1) is 10.0. The third kappa shape index (κ3) is 3.60. The van der Waals surface area contributed by atoms with Crippen molar-refractivity contribution in [1.29, 1.82) is 0 Å². The maximum absolute atomic E-state index is 12.3. The molecule has 2 N–H and O–H groups in total. The van der Waals surface area contributed by atoms with Crippen molar-refractivity contribution in [2.24, 2.45) is 0 Å². The summed E-state index contributed by atoms with van der Waals surface area (Å²) in [6.45, 7) is 3.94. The first kappa shape index (κ1) is 15.5. The average molecular weight is 305 g/mol. The molecule has 5 heteroatoms.